The van der Waals surface area contributed by atoms with E-state index in [2.05, 4.69) is 9.47 Å². The third-order valence-electron chi connectivity index (χ3n) is 1.62. The zero-order valence-electron chi connectivity index (χ0n) is 9.35. The summed E-state index contributed by atoms with van der Waals surface area (Å²) >= 11 is 0. The van der Waals surface area contributed by atoms with Crippen molar-refractivity contribution in [2.24, 2.45) is 0 Å². The van der Waals surface area contributed by atoms with Crippen molar-refractivity contribution in [2.75, 3.05) is 19.8 Å². The van der Waals surface area contributed by atoms with Crippen LogP contribution < -0.4 is 0 Å². The van der Waals surface area contributed by atoms with Gasteiger partial charge >= 0.3 is 18.1 Å². The number of rotatable bonds is 7. The Hall–Kier alpha value is -1.25. The molecule has 0 aliphatic carbocycles. The molecule has 18 heavy (non-hydrogen) atoms. The van der Waals surface area contributed by atoms with Crippen LogP contribution in [0.15, 0.2) is 0 Å². The molecular weight excluding hydrogens is 267 g/mol. The van der Waals surface area contributed by atoms with Crippen molar-refractivity contribution < 1.29 is 41.0 Å². The van der Waals surface area contributed by atoms with Gasteiger partial charge in [-0.05, 0) is 6.92 Å². The number of halogens is 5. The number of esters is 1. The van der Waals surface area contributed by atoms with E-state index in [4.69, 9.17) is 0 Å². The highest BCUT2D eigenvalue weighted by Crippen LogP contribution is 2.19. The van der Waals surface area contributed by atoms with E-state index in [1.165, 1.54) is 6.92 Å². The lowest BCUT2D eigenvalue weighted by Crippen LogP contribution is -2.40. The summed E-state index contributed by atoms with van der Waals surface area (Å²) in [6.07, 6.45) is -5.62. The second kappa shape index (κ2) is 6.62. The van der Waals surface area contributed by atoms with Crippen LogP contribution >= 0.6 is 0 Å². The van der Waals surface area contributed by atoms with Crippen molar-refractivity contribution in [1.29, 1.82) is 0 Å². The van der Waals surface area contributed by atoms with Crippen LogP contribution in [0.4, 0.5) is 22.0 Å². The van der Waals surface area contributed by atoms with E-state index < -0.39 is 43.5 Å². The van der Waals surface area contributed by atoms with Gasteiger partial charge in [0.25, 0.3) is 0 Å². The predicted octanol–water partition coefficient (Wildman–Crippen LogP) is 1.72. The predicted molar refractivity (Wildman–Crippen MR) is 48.1 cm³/mol. The van der Waals surface area contributed by atoms with E-state index in [9.17, 15) is 31.5 Å². The minimum atomic E-state index is -4.60. The van der Waals surface area contributed by atoms with Gasteiger partial charge in [-0.25, -0.2) is 4.79 Å². The van der Waals surface area contributed by atoms with Crippen LogP contribution in [0.25, 0.3) is 0 Å². The SMILES string of the molecule is CCOC(=O)C(F)(F)C(=O)CCOCC(F)(F)F. The quantitative estimate of drug-likeness (QED) is 0.308. The largest absolute Gasteiger partial charge is 0.461 e. The summed E-state index contributed by atoms with van der Waals surface area (Å²) < 4.78 is 68.7. The maximum absolute atomic E-state index is 13.0. The number of carbonyl (C=O) groups is 2. The minimum Gasteiger partial charge on any atom is -0.461 e. The van der Waals surface area contributed by atoms with Crippen molar-refractivity contribution in [2.45, 2.75) is 25.4 Å². The molecule has 0 unspecified atom stereocenters. The fraction of sp³-hybridized carbons (Fsp3) is 0.778. The molecule has 0 heterocycles. The average molecular weight is 278 g/mol. The Morgan fingerprint density at radius 2 is 1.67 bits per heavy atom. The molecule has 4 nitrogen and oxygen atoms in total. The van der Waals surface area contributed by atoms with Gasteiger partial charge in [-0.15, -0.1) is 0 Å². The lowest BCUT2D eigenvalue weighted by molar-refractivity contribution is -0.182. The van der Waals surface area contributed by atoms with Crippen LogP contribution in [0.3, 0.4) is 0 Å². The number of ketones is 1. The van der Waals surface area contributed by atoms with E-state index in [1.807, 2.05) is 0 Å². The van der Waals surface area contributed by atoms with Gasteiger partial charge < -0.3 is 9.47 Å². The van der Waals surface area contributed by atoms with E-state index in [0.29, 0.717) is 0 Å². The Labute approximate surface area is 99.0 Å². The summed E-state index contributed by atoms with van der Waals surface area (Å²) in [4.78, 5) is 21.6. The first-order valence-corrected chi connectivity index (χ1v) is 4.84. The summed E-state index contributed by atoms with van der Waals surface area (Å²) in [6, 6.07) is 0. The fourth-order valence-electron chi connectivity index (χ4n) is 0.845. The molecule has 0 saturated carbocycles. The average Bonchev–Trinajstić information content (AvgIpc) is 2.22. The van der Waals surface area contributed by atoms with Crippen LogP contribution in [-0.2, 0) is 19.1 Å². The van der Waals surface area contributed by atoms with Crippen LogP contribution in [0.2, 0.25) is 0 Å². The molecule has 0 spiro atoms. The van der Waals surface area contributed by atoms with Crippen molar-refractivity contribution >= 4 is 11.8 Å². The van der Waals surface area contributed by atoms with Crippen LogP contribution in [0, 0.1) is 0 Å². The molecule has 0 radical (unpaired) electrons. The molecule has 0 rings (SSSR count). The van der Waals surface area contributed by atoms with Gasteiger partial charge in [0, 0.05) is 6.42 Å². The second-order valence-electron chi connectivity index (χ2n) is 3.14. The Morgan fingerprint density at radius 1 is 1.11 bits per heavy atom. The number of alkyl halides is 5. The molecule has 0 aliphatic heterocycles. The highest BCUT2D eigenvalue weighted by molar-refractivity contribution is 6.05. The summed E-state index contributed by atoms with van der Waals surface area (Å²) in [5, 5.41) is 0. The summed E-state index contributed by atoms with van der Waals surface area (Å²) in [6.45, 7) is -1.57. The van der Waals surface area contributed by atoms with Gasteiger partial charge in [-0.3, -0.25) is 4.79 Å². The molecule has 0 atom stereocenters. The van der Waals surface area contributed by atoms with Gasteiger partial charge in [0.15, 0.2) is 0 Å². The third kappa shape index (κ3) is 5.89. The maximum atomic E-state index is 13.0. The Morgan fingerprint density at radius 3 is 2.11 bits per heavy atom. The molecule has 0 aromatic heterocycles. The van der Waals surface area contributed by atoms with Gasteiger partial charge in [0.05, 0.1) is 13.2 Å². The normalized spacial score (nSPS) is 12.3. The van der Waals surface area contributed by atoms with E-state index in [0.717, 1.165) is 0 Å². The summed E-state index contributed by atoms with van der Waals surface area (Å²) in [7, 11) is 0. The van der Waals surface area contributed by atoms with E-state index >= 15 is 0 Å². The topological polar surface area (TPSA) is 52.6 Å². The molecule has 0 aromatic carbocycles. The van der Waals surface area contributed by atoms with Crippen LogP contribution in [-0.4, -0.2) is 43.7 Å². The Kier molecular flexibility index (Phi) is 6.16. The highest BCUT2D eigenvalue weighted by atomic mass is 19.4. The second-order valence-corrected chi connectivity index (χ2v) is 3.14. The molecular formula is C9H11F5O4. The molecule has 9 heteroatoms. The van der Waals surface area contributed by atoms with Gasteiger partial charge in [0.1, 0.15) is 6.61 Å². The zero-order valence-corrected chi connectivity index (χ0v) is 9.35. The Balaban J connectivity index is 4.12. The van der Waals surface area contributed by atoms with Crippen LogP contribution in [0.1, 0.15) is 13.3 Å². The molecule has 0 bridgehead atoms. The van der Waals surface area contributed by atoms with E-state index in [-0.39, 0.29) is 6.61 Å². The lowest BCUT2D eigenvalue weighted by atomic mass is 10.1. The molecule has 0 aromatic rings. The van der Waals surface area contributed by atoms with Crippen molar-refractivity contribution in [3.8, 4) is 0 Å². The first-order chi connectivity index (χ1) is 8.11. The van der Waals surface area contributed by atoms with E-state index in [1.54, 1.807) is 0 Å². The summed E-state index contributed by atoms with van der Waals surface area (Å²) in [5.41, 5.74) is 0. The number of carbonyl (C=O) groups excluding carboxylic acids is 2. The molecule has 106 valence electrons. The molecule has 0 amide bonds. The first kappa shape index (κ1) is 16.8. The molecule has 0 fully saturated rings. The number of Topliss-reactive ketones (excluding diaryl/α,β-unsaturated/α-hetero) is 1. The van der Waals surface area contributed by atoms with Crippen molar-refractivity contribution in [1.82, 2.24) is 0 Å². The van der Waals surface area contributed by atoms with Gasteiger partial charge in [-0.1, -0.05) is 0 Å². The number of ether oxygens (including phenoxy) is 2. The number of hydrogen-bond donors (Lipinski definition) is 0. The summed E-state index contributed by atoms with van der Waals surface area (Å²) in [5.74, 6) is -8.23. The van der Waals surface area contributed by atoms with Crippen molar-refractivity contribution in [3.05, 3.63) is 0 Å². The number of hydrogen-bond acceptors (Lipinski definition) is 4. The standard InChI is InChI=1S/C9H11F5O4/c1-2-18-7(16)9(13,14)6(15)3-4-17-5-8(10,11)12/h2-5H2,1H3. The third-order valence-corrected chi connectivity index (χ3v) is 1.62. The molecule has 0 N–H and O–H groups in total. The fourth-order valence-corrected chi connectivity index (χ4v) is 0.845. The minimum absolute atomic E-state index is 0.341. The smallest absolute Gasteiger partial charge is 0.411 e. The van der Waals surface area contributed by atoms with Gasteiger partial charge in [-0.2, -0.15) is 22.0 Å². The van der Waals surface area contributed by atoms with Crippen LogP contribution in [0.5, 0.6) is 0 Å². The molecule has 0 aliphatic rings. The molecule has 0 saturated heterocycles. The van der Waals surface area contributed by atoms with Gasteiger partial charge in [0.2, 0.25) is 5.78 Å². The lowest BCUT2D eigenvalue weighted by Gasteiger charge is -2.13. The maximum Gasteiger partial charge on any atom is 0.411 e. The zero-order chi connectivity index (χ0) is 14.4. The monoisotopic (exact) mass is 278 g/mol. The highest BCUT2D eigenvalue weighted by Gasteiger charge is 2.48. The first-order valence-electron chi connectivity index (χ1n) is 4.84. The Bertz CT molecular complexity index is 300. The van der Waals surface area contributed by atoms with Crippen molar-refractivity contribution in [3.63, 3.8) is 0 Å².